The zero-order chi connectivity index (χ0) is 14.5. The molecule has 3 N–H and O–H groups in total. The van der Waals surface area contributed by atoms with E-state index >= 15 is 0 Å². The van der Waals surface area contributed by atoms with Crippen molar-refractivity contribution in [3.05, 3.63) is 23.9 Å². The second-order valence-corrected chi connectivity index (χ2v) is 6.44. The highest BCUT2D eigenvalue weighted by Gasteiger charge is 2.23. The van der Waals surface area contributed by atoms with E-state index in [0.717, 1.165) is 5.56 Å². The van der Waals surface area contributed by atoms with Crippen LogP contribution in [0.15, 0.2) is 23.4 Å². The SMILES string of the molecule is CCOC(C)(C)CNS(=O)(=O)c1ccc(CN)cn1. The lowest BCUT2D eigenvalue weighted by atomic mass is 10.1. The minimum Gasteiger partial charge on any atom is -0.375 e. The average Bonchev–Trinajstić information content (AvgIpc) is 2.37. The van der Waals surface area contributed by atoms with Gasteiger partial charge in [-0.05, 0) is 32.4 Å². The molecule has 108 valence electrons. The summed E-state index contributed by atoms with van der Waals surface area (Å²) in [4.78, 5) is 3.90. The number of pyridine rings is 1. The topological polar surface area (TPSA) is 94.3 Å². The Bertz CT molecular complexity index is 497. The van der Waals surface area contributed by atoms with Gasteiger partial charge in [0.25, 0.3) is 10.0 Å². The number of nitrogens with zero attached hydrogens (tertiary/aromatic N) is 1. The van der Waals surface area contributed by atoms with Crippen LogP contribution in [-0.4, -0.2) is 32.2 Å². The molecular weight excluding hydrogens is 266 g/mol. The monoisotopic (exact) mass is 287 g/mol. The van der Waals surface area contributed by atoms with E-state index in [1.807, 2.05) is 20.8 Å². The maximum Gasteiger partial charge on any atom is 0.258 e. The molecule has 0 unspecified atom stereocenters. The molecule has 7 heteroatoms. The third-order valence-electron chi connectivity index (χ3n) is 2.53. The summed E-state index contributed by atoms with van der Waals surface area (Å²) in [6.07, 6.45) is 1.46. The van der Waals surface area contributed by atoms with Crippen molar-refractivity contribution in [2.24, 2.45) is 5.73 Å². The van der Waals surface area contributed by atoms with Crippen LogP contribution in [0.3, 0.4) is 0 Å². The molecule has 0 aliphatic rings. The molecular formula is C12H21N3O3S. The Morgan fingerprint density at radius 2 is 2.11 bits per heavy atom. The predicted molar refractivity (Wildman–Crippen MR) is 73.0 cm³/mol. The number of hydrogen-bond acceptors (Lipinski definition) is 5. The van der Waals surface area contributed by atoms with Crippen LogP contribution in [0.5, 0.6) is 0 Å². The molecule has 0 spiro atoms. The normalized spacial score (nSPS) is 12.6. The lowest BCUT2D eigenvalue weighted by Gasteiger charge is -2.24. The van der Waals surface area contributed by atoms with E-state index in [4.69, 9.17) is 10.5 Å². The minimum absolute atomic E-state index is 0.0167. The maximum absolute atomic E-state index is 12.0. The molecule has 0 radical (unpaired) electrons. The summed E-state index contributed by atoms with van der Waals surface area (Å²) in [5, 5.41) is -0.0167. The molecule has 0 bridgehead atoms. The largest absolute Gasteiger partial charge is 0.375 e. The summed E-state index contributed by atoms with van der Waals surface area (Å²) in [6.45, 7) is 6.55. The van der Waals surface area contributed by atoms with Crippen molar-refractivity contribution in [1.82, 2.24) is 9.71 Å². The third-order valence-corrected chi connectivity index (χ3v) is 3.85. The number of hydrogen-bond donors (Lipinski definition) is 2. The first-order valence-electron chi connectivity index (χ1n) is 6.09. The molecule has 0 amide bonds. The molecule has 0 aliphatic heterocycles. The molecule has 0 atom stereocenters. The van der Waals surface area contributed by atoms with Crippen LogP contribution in [0.25, 0.3) is 0 Å². The van der Waals surface area contributed by atoms with Crippen molar-refractivity contribution >= 4 is 10.0 Å². The molecule has 6 nitrogen and oxygen atoms in total. The molecule has 1 heterocycles. The smallest absolute Gasteiger partial charge is 0.258 e. The van der Waals surface area contributed by atoms with Gasteiger partial charge < -0.3 is 10.5 Å². The highest BCUT2D eigenvalue weighted by atomic mass is 32.2. The van der Waals surface area contributed by atoms with Crippen LogP contribution in [0.2, 0.25) is 0 Å². The summed E-state index contributed by atoms with van der Waals surface area (Å²) in [6, 6.07) is 3.09. The Balaban J connectivity index is 2.75. The second kappa shape index (κ2) is 6.42. The number of ether oxygens (including phenoxy) is 1. The highest BCUT2D eigenvalue weighted by Crippen LogP contribution is 2.10. The van der Waals surface area contributed by atoms with E-state index in [2.05, 4.69) is 9.71 Å². The fourth-order valence-corrected chi connectivity index (χ4v) is 2.60. The van der Waals surface area contributed by atoms with Gasteiger partial charge >= 0.3 is 0 Å². The first-order chi connectivity index (χ1) is 8.80. The van der Waals surface area contributed by atoms with Crippen molar-refractivity contribution < 1.29 is 13.2 Å². The highest BCUT2D eigenvalue weighted by molar-refractivity contribution is 7.89. The zero-order valence-electron chi connectivity index (χ0n) is 11.5. The lowest BCUT2D eigenvalue weighted by molar-refractivity contribution is -0.00515. The molecule has 1 aromatic heterocycles. The van der Waals surface area contributed by atoms with Crippen molar-refractivity contribution in [2.75, 3.05) is 13.2 Å². The fraction of sp³-hybridized carbons (Fsp3) is 0.583. The van der Waals surface area contributed by atoms with Gasteiger partial charge in [-0.15, -0.1) is 0 Å². The molecule has 0 saturated heterocycles. The number of aromatic nitrogens is 1. The zero-order valence-corrected chi connectivity index (χ0v) is 12.3. The maximum atomic E-state index is 12.0. The lowest BCUT2D eigenvalue weighted by Crippen LogP contribution is -2.40. The van der Waals surface area contributed by atoms with E-state index in [-0.39, 0.29) is 11.6 Å². The molecule has 0 saturated carbocycles. The number of nitrogens with one attached hydrogen (secondary N) is 1. The van der Waals surface area contributed by atoms with Gasteiger partial charge in [0.15, 0.2) is 5.03 Å². The standard InChI is InChI=1S/C12H21N3O3S/c1-4-18-12(2,3)9-15-19(16,17)11-6-5-10(7-13)8-14-11/h5-6,8,15H,4,7,9,13H2,1-3H3. The fourth-order valence-electron chi connectivity index (χ4n) is 1.48. The third kappa shape index (κ3) is 4.87. The number of rotatable bonds is 7. The van der Waals surface area contributed by atoms with Crippen LogP contribution < -0.4 is 10.5 Å². The van der Waals surface area contributed by atoms with Gasteiger partial charge in [-0.1, -0.05) is 6.07 Å². The Morgan fingerprint density at radius 1 is 1.42 bits per heavy atom. The second-order valence-electron chi connectivity index (χ2n) is 4.73. The van der Waals surface area contributed by atoms with Crippen LogP contribution in [0, 0.1) is 0 Å². The van der Waals surface area contributed by atoms with Gasteiger partial charge in [0.1, 0.15) is 0 Å². The van der Waals surface area contributed by atoms with Crippen molar-refractivity contribution in [2.45, 2.75) is 37.9 Å². The molecule has 1 aromatic rings. The molecule has 0 aliphatic carbocycles. The van der Waals surface area contributed by atoms with Crippen molar-refractivity contribution in [3.8, 4) is 0 Å². The first-order valence-corrected chi connectivity index (χ1v) is 7.57. The minimum atomic E-state index is -3.62. The van der Waals surface area contributed by atoms with Gasteiger partial charge in [0.2, 0.25) is 0 Å². The Hall–Kier alpha value is -1.02. The van der Waals surface area contributed by atoms with E-state index in [1.54, 1.807) is 6.07 Å². The van der Waals surface area contributed by atoms with E-state index in [9.17, 15) is 8.42 Å². The van der Waals surface area contributed by atoms with Gasteiger partial charge in [-0.2, -0.15) is 0 Å². The summed E-state index contributed by atoms with van der Waals surface area (Å²) in [7, 11) is -3.62. The van der Waals surface area contributed by atoms with Crippen molar-refractivity contribution in [1.29, 1.82) is 0 Å². The Labute approximate surface area is 114 Å². The Morgan fingerprint density at radius 3 is 2.58 bits per heavy atom. The summed E-state index contributed by atoms with van der Waals surface area (Å²) >= 11 is 0. The Kier molecular flexibility index (Phi) is 5.42. The van der Waals surface area contributed by atoms with Gasteiger partial charge in [-0.25, -0.2) is 18.1 Å². The van der Waals surface area contributed by atoms with Crippen molar-refractivity contribution in [3.63, 3.8) is 0 Å². The summed E-state index contributed by atoms with van der Waals surface area (Å²) < 4.78 is 32.0. The van der Waals surface area contributed by atoms with Crippen LogP contribution >= 0.6 is 0 Å². The average molecular weight is 287 g/mol. The first kappa shape index (κ1) is 16.0. The molecule has 19 heavy (non-hydrogen) atoms. The van der Waals surface area contributed by atoms with Gasteiger partial charge in [0.05, 0.1) is 5.60 Å². The predicted octanol–water partition coefficient (Wildman–Crippen LogP) is 0.634. The molecule has 0 aromatic carbocycles. The van der Waals surface area contributed by atoms with E-state index < -0.39 is 15.6 Å². The van der Waals surface area contributed by atoms with Crippen LogP contribution in [0.4, 0.5) is 0 Å². The van der Waals surface area contributed by atoms with E-state index in [0.29, 0.717) is 13.2 Å². The number of sulfonamides is 1. The van der Waals surface area contributed by atoms with E-state index in [1.165, 1.54) is 12.3 Å². The van der Waals surface area contributed by atoms with Gasteiger partial charge in [0, 0.05) is 25.9 Å². The molecule has 0 fully saturated rings. The van der Waals surface area contributed by atoms with Crippen LogP contribution in [-0.2, 0) is 21.3 Å². The number of nitrogens with two attached hydrogens (primary N) is 1. The quantitative estimate of drug-likeness (QED) is 0.767. The van der Waals surface area contributed by atoms with Crippen LogP contribution in [0.1, 0.15) is 26.3 Å². The molecule has 1 rings (SSSR count). The summed E-state index contributed by atoms with van der Waals surface area (Å²) in [5.41, 5.74) is 5.67. The van der Waals surface area contributed by atoms with Gasteiger partial charge in [-0.3, -0.25) is 0 Å². The summed E-state index contributed by atoms with van der Waals surface area (Å²) in [5.74, 6) is 0.